The Kier molecular flexibility index (Phi) is 6.46. The fourth-order valence-corrected chi connectivity index (χ4v) is 7.23. The number of rotatable bonds is 7. The third-order valence-corrected chi connectivity index (χ3v) is 8.99. The minimum absolute atomic E-state index is 0.0382. The van der Waals surface area contributed by atoms with Gasteiger partial charge in [-0.05, 0) is 43.0 Å². The molecule has 0 radical (unpaired) electrons. The summed E-state index contributed by atoms with van der Waals surface area (Å²) in [6.07, 6.45) is 1.42. The van der Waals surface area contributed by atoms with Gasteiger partial charge in [0.15, 0.2) is 0 Å². The largest absolute Gasteiger partial charge is 0.355 e. The standard InChI is InChI=1S/C32H33N5O4/c38-28(33-14-16-34-18-21-17-22(20-34)26-11-5-13-29(39)36(26)19-21)12-6-15-35-30-23-7-1-2-8-24(23)32(41)37(30)27-10-4-3-9-25(27)31(35)40/h1-5,7-11,13,21-22,30H,6,12,14-20H2,(H,33,38)/t21-,22+,30+/m1/s1. The number of nitrogens with zero attached hydrogens (tertiary/aromatic N) is 4. The molecule has 5 heterocycles. The Bertz CT molecular complexity index is 1600. The van der Waals surface area contributed by atoms with Crippen LogP contribution in [0.25, 0.3) is 0 Å². The Morgan fingerprint density at radius 3 is 2.51 bits per heavy atom. The lowest BCUT2D eigenvalue weighted by molar-refractivity contribution is -0.121. The van der Waals surface area contributed by atoms with Gasteiger partial charge in [0.05, 0.1) is 11.3 Å². The first-order chi connectivity index (χ1) is 20.0. The average Bonchev–Trinajstić information content (AvgIpc) is 3.28. The molecule has 0 saturated carbocycles. The average molecular weight is 552 g/mol. The predicted octanol–water partition coefficient (Wildman–Crippen LogP) is 2.98. The predicted molar refractivity (Wildman–Crippen MR) is 154 cm³/mol. The summed E-state index contributed by atoms with van der Waals surface area (Å²) in [6.45, 7) is 4.30. The zero-order valence-corrected chi connectivity index (χ0v) is 22.9. The number of fused-ring (bicyclic) bond motifs is 9. The first kappa shape index (κ1) is 25.7. The normalized spacial score (nSPS) is 22.6. The molecular formula is C32H33N5O4. The number of benzene rings is 2. The van der Waals surface area contributed by atoms with Crippen LogP contribution < -0.4 is 15.8 Å². The first-order valence-corrected chi connectivity index (χ1v) is 14.5. The molecule has 1 fully saturated rings. The van der Waals surface area contributed by atoms with E-state index >= 15 is 0 Å². The molecule has 0 aliphatic carbocycles. The monoisotopic (exact) mass is 551 g/mol. The molecule has 2 bridgehead atoms. The number of para-hydroxylation sites is 1. The minimum Gasteiger partial charge on any atom is -0.355 e. The summed E-state index contributed by atoms with van der Waals surface area (Å²) < 4.78 is 1.93. The molecule has 210 valence electrons. The van der Waals surface area contributed by atoms with Crippen LogP contribution in [0.15, 0.2) is 71.5 Å². The van der Waals surface area contributed by atoms with Crippen LogP contribution in [0.2, 0.25) is 0 Å². The second kappa shape index (κ2) is 10.3. The molecule has 3 atom stereocenters. The number of amides is 3. The van der Waals surface area contributed by atoms with Crippen molar-refractivity contribution in [2.24, 2.45) is 5.92 Å². The maximum atomic E-state index is 13.5. The number of nitrogens with one attached hydrogen (secondary N) is 1. The SMILES string of the molecule is O=C(CCCN1C(=O)c2ccccc2N2C(=O)c3ccccc3[C@@H]12)NCCN1C[C@H]2C[C@@H](C1)c1cccc(=O)n1C2. The molecule has 9 heteroatoms. The highest BCUT2D eigenvalue weighted by Gasteiger charge is 2.47. The molecule has 3 amide bonds. The lowest BCUT2D eigenvalue weighted by atomic mass is 9.83. The van der Waals surface area contributed by atoms with Gasteiger partial charge in [-0.15, -0.1) is 0 Å². The molecule has 4 aliphatic rings. The van der Waals surface area contributed by atoms with Crippen molar-refractivity contribution in [3.8, 4) is 0 Å². The molecule has 2 aromatic carbocycles. The van der Waals surface area contributed by atoms with Crippen LogP contribution in [0, 0.1) is 5.92 Å². The zero-order valence-electron chi connectivity index (χ0n) is 22.9. The van der Waals surface area contributed by atoms with Crippen LogP contribution in [0.3, 0.4) is 0 Å². The highest BCUT2D eigenvalue weighted by Crippen LogP contribution is 2.45. The number of hydrogen-bond donors (Lipinski definition) is 1. The van der Waals surface area contributed by atoms with Crippen molar-refractivity contribution in [1.82, 2.24) is 19.7 Å². The van der Waals surface area contributed by atoms with Gasteiger partial charge >= 0.3 is 0 Å². The number of piperidine rings is 1. The number of aromatic nitrogens is 1. The van der Waals surface area contributed by atoms with Crippen molar-refractivity contribution in [2.45, 2.75) is 37.9 Å². The van der Waals surface area contributed by atoms with Crippen molar-refractivity contribution in [3.63, 3.8) is 0 Å². The van der Waals surface area contributed by atoms with Gasteiger partial charge in [0.2, 0.25) is 5.91 Å². The highest BCUT2D eigenvalue weighted by atomic mass is 16.2. The third kappa shape index (κ3) is 4.44. The second-order valence-corrected chi connectivity index (χ2v) is 11.6. The quantitative estimate of drug-likeness (QED) is 0.487. The van der Waals surface area contributed by atoms with Gasteiger partial charge in [-0.2, -0.15) is 0 Å². The number of carbonyl (C=O) groups is 3. The molecule has 1 saturated heterocycles. The van der Waals surface area contributed by atoms with E-state index in [4.69, 9.17) is 0 Å². The fourth-order valence-electron chi connectivity index (χ4n) is 7.23. The zero-order chi connectivity index (χ0) is 28.1. The lowest BCUT2D eigenvalue weighted by Gasteiger charge is -2.42. The van der Waals surface area contributed by atoms with Crippen LogP contribution in [-0.2, 0) is 11.3 Å². The van der Waals surface area contributed by atoms with E-state index in [2.05, 4.69) is 16.3 Å². The van der Waals surface area contributed by atoms with Crippen molar-refractivity contribution in [1.29, 1.82) is 0 Å². The Morgan fingerprint density at radius 1 is 0.829 bits per heavy atom. The third-order valence-electron chi connectivity index (χ3n) is 8.99. The van der Waals surface area contributed by atoms with Crippen molar-refractivity contribution in [2.75, 3.05) is 37.6 Å². The van der Waals surface area contributed by atoms with Crippen molar-refractivity contribution < 1.29 is 14.4 Å². The molecule has 0 spiro atoms. The van der Waals surface area contributed by atoms with E-state index in [1.54, 1.807) is 21.9 Å². The Labute approximate surface area is 238 Å². The second-order valence-electron chi connectivity index (χ2n) is 11.6. The summed E-state index contributed by atoms with van der Waals surface area (Å²) in [4.78, 5) is 57.7. The van der Waals surface area contributed by atoms with Gasteiger partial charge in [-0.1, -0.05) is 36.4 Å². The van der Waals surface area contributed by atoms with E-state index in [0.717, 1.165) is 43.9 Å². The van der Waals surface area contributed by atoms with E-state index in [1.807, 2.05) is 53.1 Å². The smallest absolute Gasteiger partial charge is 0.260 e. The van der Waals surface area contributed by atoms with Gasteiger partial charge in [0.25, 0.3) is 17.4 Å². The summed E-state index contributed by atoms with van der Waals surface area (Å²) in [5.41, 5.74) is 3.79. The Balaban J connectivity index is 0.950. The molecule has 9 nitrogen and oxygen atoms in total. The molecule has 1 N–H and O–H groups in total. The van der Waals surface area contributed by atoms with Crippen LogP contribution in [-0.4, -0.2) is 64.8 Å². The number of pyridine rings is 1. The van der Waals surface area contributed by atoms with E-state index in [-0.39, 0.29) is 23.3 Å². The molecule has 3 aromatic rings. The van der Waals surface area contributed by atoms with E-state index in [0.29, 0.717) is 54.6 Å². The molecule has 4 aliphatic heterocycles. The van der Waals surface area contributed by atoms with Gasteiger partial charge in [-0.25, -0.2) is 0 Å². The summed E-state index contributed by atoms with van der Waals surface area (Å²) in [5, 5.41) is 3.05. The van der Waals surface area contributed by atoms with Gasteiger partial charge in [-0.3, -0.25) is 24.1 Å². The van der Waals surface area contributed by atoms with Gasteiger partial charge in [0, 0.05) is 74.5 Å². The summed E-state index contributed by atoms with van der Waals surface area (Å²) in [7, 11) is 0. The number of hydrogen-bond acceptors (Lipinski definition) is 5. The number of carbonyl (C=O) groups excluding carboxylic acids is 3. The maximum Gasteiger partial charge on any atom is 0.260 e. The molecule has 0 unspecified atom stereocenters. The minimum atomic E-state index is -0.497. The van der Waals surface area contributed by atoms with E-state index < -0.39 is 6.17 Å². The van der Waals surface area contributed by atoms with Crippen LogP contribution in [0.5, 0.6) is 0 Å². The van der Waals surface area contributed by atoms with E-state index in [1.165, 1.54) is 0 Å². The number of anilines is 1. The first-order valence-electron chi connectivity index (χ1n) is 14.5. The summed E-state index contributed by atoms with van der Waals surface area (Å²) >= 11 is 0. The summed E-state index contributed by atoms with van der Waals surface area (Å²) in [5.74, 6) is 0.545. The van der Waals surface area contributed by atoms with Gasteiger partial charge in [0.1, 0.15) is 6.17 Å². The molecular weight excluding hydrogens is 518 g/mol. The molecule has 7 rings (SSSR count). The molecule has 1 aromatic heterocycles. The Morgan fingerprint density at radius 2 is 1.63 bits per heavy atom. The fraction of sp³-hybridized carbons (Fsp3) is 0.375. The summed E-state index contributed by atoms with van der Waals surface area (Å²) in [6, 6.07) is 20.2. The molecule has 41 heavy (non-hydrogen) atoms. The Hall–Kier alpha value is -4.24. The van der Waals surface area contributed by atoms with Crippen molar-refractivity contribution in [3.05, 3.63) is 99.5 Å². The number of likely N-dealkylation sites (tertiary alicyclic amines) is 1. The maximum absolute atomic E-state index is 13.5. The van der Waals surface area contributed by atoms with Crippen LogP contribution in [0.4, 0.5) is 5.69 Å². The lowest BCUT2D eigenvalue weighted by Crippen LogP contribution is -2.49. The van der Waals surface area contributed by atoms with Gasteiger partial charge < -0.3 is 19.7 Å². The van der Waals surface area contributed by atoms with Crippen LogP contribution in [0.1, 0.15) is 63.3 Å². The highest BCUT2D eigenvalue weighted by molar-refractivity contribution is 6.16. The van der Waals surface area contributed by atoms with Crippen LogP contribution >= 0.6 is 0 Å². The van der Waals surface area contributed by atoms with E-state index in [9.17, 15) is 19.2 Å². The topological polar surface area (TPSA) is 95.0 Å². The van der Waals surface area contributed by atoms with Crippen molar-refractivity contribution >= 4 is 23.4 Å².